The van der Waals surface area contributed by atoms with Crippen LogP contribution in [0.5, 0.6) is 5.75 Å². The molecule has 0 heterocycles. The summed E-state index contributed by atoms with van der Waals surface area (Å²) in [4.78, 5) is 12.2. The number of sulfonamides is 1. The van der Waals surface area contributed by atoms with Gasteiger partial charge in [-0.25, -0.2) is 8.42 Å². The summed E-state index contributed by atoms with van der Waals surface area (Å²) in [5.74, 6) is -0.269. The fourth-order valence-corrected chi connectivity index (χ4v) is 4.17. The Morgan fingerprint density at radius 2 is 1.90 bits per heavy atom. The SMILES string of the molecule is C=CCOc1cccc(N(CC(=O)OC(C)C)S(=O)(=O)c2ccc(Cl)c(Cl)c2)c1. The average Bonchev–Trinajstić information content (AvgIpc) is 2.66. The molecule has 0 aromatic heterocycles. The van der Waals surface area contributed by atoms with E-state index < -0.39 is 22.5 Å². The highest BCUT2D eigenvalue weighted by Crippen LogP contribution is 2.30. The van der Waals surface area contributed by atoms with Crippen LogP contribution in [0.25, 0.3) is 0 Å². The molecule has 0 aliphatic heterocycles. The molecular weight excluding hydrogens is 437 g/mol. The molecule has 0 N–H and O–H groups in total. The van der Waals surface area contributed by atoms with Gasteiger partial charge in [0, 0.05) is 6.07 Å². The Morgan fingerprint density at radius 3 is 2.52 bits per heavy atom. The summed E-state index contributed by atoms with van der Waals surface area (Å²) in [6, 6.07) is 10.3. The number of nitrogens with zero attached hydrogens (tertiary/aromatic N) is 1. The van der Waals surface area contributed by atoms with E-state index in [0.717, 1.165) is 4.31 Å². The molecule has 0 unspecified atom stereocenters. The summed E-state index contributed by atoms with van der Waals surface area (Å²) in [6.45, 7) is 6.66. The van der Waals surface area contributed by atoms with Crippen LogP contribution in [0.2, 0.25) is 10.0 Å². The Kier molecular flexibility index (Phi) is 7.96. The smallest absolute Gasteiger partial charge is 0.327 e. The number of esters is 1. The molecule has 0 atom stereocenters. The van der Waals surface area contributed by atoms with Gasteiger partial charge in [0.05, 0.1) is 26.7 Å². The summed E-state index contributed by atoms with van der Waals surface area (Å²) in [5.41, 5.74) is 0.235. The molecule has 0 bridgehead atoms. The van der Waals surface area contributed by atoms with Gasteiger partial charge in [-0.15, -0.1) is 0 Å². The second-order valence-corrected chi connectivity index (χ2v) is 8.90. The quantitative estimate of drug-likeness (QED) is 0.402. The summed E-state index contributed by atoms with van der Waals surface area (Å²) in [7, 11) is -4.15. The average molecular weight is 458 g/mol. The van der Waals surface area contributed by atoms with Crippen LogP contribution in [0.1, 0.15) is 13.8 Å². The van der Waals surface area contributed by atoms with Crippen LogP contribution >= 0.6 is 23.2 Å². The van der Waals surface area contributed by atoms with E-state index in [4.69, 9.17) is 32.7 Å². The van der Waals surface area contributed by atoms with E-state index in [0.29, 0.717) is 5.75 Å². The Balaban J connectivity index is 2.50. The number of rotatable bonds is 9. The molecule has 0 amide bonds. The Hall–Kier alpha value is -2.22. The van der Waals surface area contributed by atoms with Crippen molar-refractivity contribution in [1.82, 2.24) is 0 Å². The van der Waals surface area contributed by atoms with Crippen LogP contribution in [-0.2, 0) is 19.6 Å². The second-order valence-electron chi connectivity index (χ2n) is 6.22. The lowest BCUT2D eigenvalue weighted by atomic mass is 10.3. The molecule has 9 heteroatoms. The van der Waals surface area contributed by atoms with E-state index in [1.807, 2.05) is 0 Å². The number of halogens is 2. The zero-order valence-corrected chi connectivity index (χ0v) is 18.3. The molecule has 0 spiro atoms. The first-order valence-electron chi connectivity index (χ1n) is 8.66. The van der Waals surface area contributed by atoms with Crippen LogP contribution in [-0.4, -0.2) is 33.6 Å². The van der Waals surface area contributed by atoms with Crippen molar-refractivity contribution >= 4 is 44.9 Å². The summed E-state index contributed by atoms with van der Waals surface area (Å²) in [6.07, 6.45) is 1.18. The summed E-state index contributed by atoms with van der Waals surface area (Å²) in [5, 5.41) is 0.303. The first kappa shape index (κ1) is 23.1. The number of ether oxygens (including phenoxy) is 2. The lowest BCUT2D eigenvalue weighted by Crippen LogP contribution is -2.37. The van der Waals surface area contributed by atoms with Crippen molar-refractivity contribution in [3.8, 4) is 5.75 Å². The molecule has 2 rings (SSSR count). The minimum atomic E-state index is -4.15. The van der Waals surface area contributed by atoms with Crippen molar-refractivity contribution in [2.75, 3.05) is 17.5 Å². The minimum Gasteiger partial charge on any atom is -0.489 e. The molecule has 0 aliphatic rings. The number of anilines is 1. The van der Waals surface area contributed by atoms with Crippen molar-refractivity contribution < 1.29 is 22.7 Å². The first-order chi connectivity index (χ1) is 13.6. The van der Waals surface area contributed by atoms with Crippen LogP contribution in [0, 0.1) is 0 Å². The molecule has 2 aromatic rings. The van der Waals surface area contributed by atoms with Crippen LogP contribution in [0.15, 0.2) is 60.0 Å². The highest BCUT2D eigenvalue weighted by molar-refractivity contribution is 7.92. The van der Waals surface area contributed by atoms with Gasteiger partial charge < -0.3 is 9.47 Å². The monoisotopic (exact) mass is 457 g/mol. The van der Waals surface area contributed by atoms with E-state index in [2.05, 4.69) is 6.58 Å². The van der Waals surface area contributed by atoms with Gasteiger partial charge in [-0.05, 0) is 44.2 Å². The molecule has 6 nitrogen and oxygen atoms in total. The molecule has 156 valence electrons. The van der Waals surface area contributed by atoms with Gasteiger partial charge in [0.25, 0.3) is 10.0 Å². The van der Waals surface area contributed by atoms with E-state index >= 15 is 0 Å². The topological polar surface area (TPSA) is 72.9 Å². The fraction of sp³-hybridized carbons (Fsp3) is 0.250. The normalized spacial score (nSPS) is 11.2. The number of benzene rings is 2. The maximum absolute atomic E-state index is 13.3. The Labute approximate surface area is 180 Å². The van der Waals surface area contributed by atoms with E-state index in [-0.39, 0.29) is 33.3 Å². The van der Waals surface area contributed by atoms with Gasteiger partial charge in [-0.3, -0.25) is 9.10 Å². The molecule has 0 fully saturated rings. The number of hydrogen-bond acceptors (Lipinski definition) is 5. The van der Waals surface area contributed by atoms with Crippen LogP contribution in [0.4, 0.5) is 5.69 Å². The third-order valence-corrected chi connectivity index (χ3v) is 6.10. The predicted molar refractivity (Wildman–Crippen MR) is 114 cm³/mol. The standard InChI is InChI=1S/C20H21Cl2NO5S/c1-4-10-27-16-7-5-6-15(11-16)23(13-20(24)28-14(2)3)29(25,26)17-8-9-18(21)19(22)12-17/h4-9,11-12,14H,1,10,13H2,2-3H3. The Bertz CT molecular complexity index is 992. The molecule has 2 aromatic carbocycles. The molecule has 0 radical (unpaired) electrons. The van der Waals surface area contributed by atoms with Crippen molar-refractivity contribution in [3.05, 3.63) is 65.2 Å². The minimum absolute atomic E-state index is 0.0838. The fourth-order valence-electron chi connectivity index (χ4n) is 2.38. The van der Waals surface area contributed by atoms with Gasteiger partial charge in [0.15, 0.2) is 0 Å². The molecule has 0 saturated carbocycles. The lowest BCUT2D eigenvalue weighted by Gasteiger charge is -2.24. The largest absolute Gasteiger partial charge is 0.489 e. The van der Waals surface area contributed by atoms with Crippen molar-refractivity contribution in [2.24, 2.45) is 0 Å². The van der Waals surface area contributed by atoms with Crippen LogP contribution in [0.3, 0.4) is 0 Å². The van der Waals surface area contributed by atoms with Gasteiger partial charge in [0.2, 0.25) is 0 Å². The van der Waals surface area contributed by atoms with Gasteiger partial charge in [0.1, 0.15) is 18.9 Å². The molecular formula is C20H21Cl2NO5S. The van der Waals surface area contributed by atoms with E-state index in [9.17, 15) is 13.2 Å². The van der Waals surface area contributed by atoms with E-state index in [1.54, 1.807) is 38.1 Å². The van der Waals surface area contributed by atoms with Gasteiger partial charge in [-0.2, -0.15) is 0 Å². The maximum atomic E-state index is 13.3. The second kappa shape index (κ2) is 10.0. The first-order valence-corrected chi connectivity index (χ1v) is 10.9. The van der Waals surface area contributed by atoms with Crippen molar-refractivity contribution in [3.63, 3.8) is 0 Å². The number of hydrogen-bond donors (Lipinski definition) is 0. The van der Waals surface area contributed by atoms with Crippen molar-refractivity contribution in [1.29, 1.82) is 0 Å². The number of carbonyl (C=O) groups excluding carboxylic acids is 1. The summed E-state index contributed by atoms with van der Waals surface area (Å²) >= 11 is 11.9. The van der Waals surface area contributed by atoms with Gasteiger partial charge >= 0.3 is 5.97 Å². The van der Waals surface area contributed by atoms with E-state index in [1.165, 1.54) is 24.3 Å². The highest BCUT2D eigenvalue weighted by Gasteiger charge is 2.29. The molecule has 0 saturated heterocycles. The maximum Gasteiger partial charge on any atom is 0.327 e. The lowest BCUT2D eigenvalue weighted by molar-refractivity contribution is -0.145. The third kappa shape index (κ3) is 6.13. The third-order valence-electron chi connectivity index (χ3n) is 3.59. The number of carbonyl (C=O) groups is 1. The zero-order valence-electron chi connectivity index (χ0n) is 16.0. The van der Waals surface area contributed by atoms with Gasteiger partial charge in [-0.1, -0.05) is 41.9 Å². The van der Waals surface area contributed by atoms with Crippen LogP contribution < -0.4 is 9.04 Å². The highest BCUT2D eigenvalue weighted by atomic mass is 35.5. The van der Waals surface area contributed by atoms with Crippen molar-refractivity contribution in [2.45, 2.75) is 24.8 Å². The summed E-state index contributed by atoms with van der Waals surface area (Å²) < 4.78 is 38.2. The predicted octanol–water partition coefficient (Wildman–Crippen LogP) is 4.71. The zero-order chi connectivity index (χ0) is 21.6. The Morgan fingerprint density at radius 1 is 1.17 bits per heavy atom. The molecule has 0 aliphatic carbocycles. The molecule has 29 heavy (non-hydrogen) atoms.